The fourth-order valence-corrected chi connectivity index (χ4v) is 3.40. The maximum Gasteiger partial charge on any atom is 0.159 e. The third-order valence-corrected chi connectivity index (χ3v) is 4.93. The van der Waals surface area contributed by atoms with Crippen LogP contribution in [0.1, 0.15) is 52.0 Å². The predicted octanol–water partition coefficient (Wildman–Crippen LogP) is 5.25. The summed E-state index contributed by atoms with van der Waals surface area (Å²) in [5, 5.41) is 9.60. The molecule has 0 aliphatic heterocycles. The molecule has 1 aliphatic carbocycles. The Bertz CT molecular complexity index is 543. The molecule has 114 valence electrons. The first-order valence-electron chi connectivity index (χ1n) is 7.61. The smallest absolute Gasteiger partial charge is 0.159 e. The zero-order chi connectivity index (χ0) is 15.7. The van der Waals surface area contributed by atoms with E-state index in [1.807, 2.05) is 0 Å². The van der Waals surface area contributed by atoms with Gasteiger partial charge < -0.3 is 0 Å². The topological polar surface area (TPSA) is 23.8 Å². The van der Waals surface area contributed by atoms with Crippen LogP contribution in [-0.4, -0.2) is 0 Å². The number of halogens is 2. The van der Waals surface area contributed by atoms with Crippen molar-refractivity contribution >= 4 is 0 Å². The van der Waals surface area contributed by atoms with Gasteiger partial charge in [-0.15, -0.1) is 0 Å². The molecule has 0 radical (unpaired) electrons. The number of nitrogens with zero attached hydrogens (tertiary/aromatic N) is 1. The highest BCUT2D eigenvalue weighted by Crippen LogP contribution is 2.46. The standard InChI is InChI=1S/C18H23F2N/c1-17(2,3)14-6-8-18(12-21,9-7-14)11-13-4-5-15(19)16(20)10-13/h4-5,10,14H,6-9,11H2,1-3H3. The highest BCUT2D eigenvalue weighted by atomic mass is 19.2. The lowest BCUT2D eigenvalue weighted by Crippen LogP contribution is -2.33. The Kier molecular flexibility index (Phi) is 4.37. The van der Waals surface area contributed by atoms with Gasteiger partial charge in [-0.1, -0.05) is 26.8 Å². The summed E-state index contributed by atoms with van der Waals surface area (Å²) in [7, 11) is 0. The van der Waals surface area contributed by atoms with Crippen molar-refractivity contribution in [2.45, 2.75) is 52.9 Å². The molecular formula is C18H23F2N. The SMILES string of the molecule is CC(C)(C)C1CCC(C#N)(Cc2ccc(F)c(F)c2)CC1. The summed E-state index contributed by atoms with van der Waals surface area (Å²) < 4.78 is 26.3. The van der Waals surface area contributed by atoms with Crippen molar-refractivity contribution in [2.24, 2.45) is 16.7 Å². The molecule has 1 fully saturated rings. The lowest BCUT2D eigenvalue weighted by molar-refractivity contribution is 0.120. The largest absolute Gasteiger partial charge is 0.204 e. The molecule has 1 aliphatic rings. The van der Waals surface area contributed by atoms with Gasteiger partial charge in [0, 0.05) is 0 Å². The average Bonchev–Trinajstić information content (AvgIpc) is 2.42. The van der Waals surface area contributed by atoms with Gasteiger partial charge in [0.05, 0.1) is 11.5 Å². The molecule has 0 atom stereocenters. The molecule has 0 aromatic heterocycles. The minimum atomic E-state index is -0.832. The van der Waals surface area contributed by atoms with Crippen molar-refractivity contribution < 1.29 is 8.78 Å². The highest BCUT2D eigenvalue weighted by Gasteiger charge is 2.39. The van der Waals surface area contributed by atoms with Crippen LogP contribution in [0.25, 0.3) is 0 Å². The molecule has 2 rings (SSSR count). The van der Waals surface area contributed by atoms with Gasteiger partial charge in [0.2, 0.25) is 0 Å². The summed E-state index contributed by atoms with van der Waals surface area (Å²) in [5.41, 5.74) is 0.556. The third-order valence-electron chi connectivity index (χ3n) is 4.93. The second kappa shape index (κ2) is 5.75. The van der Waals surface area contributed by atoms with Crippen LogP contribution in [0.2, 0.25) is 0 Å². The fraction of sp³-hybridized carbons (Fsp3) is 0.611. The molecule has 1 aromatic rings. The van der Waals surface area contributed by atoms with Crippen molar-refractivity contribution in [3.8, 4) is 6.07 Å². The average molecular weight is 291 g/mol. The summed E-state index contributed by atoms with van der Waals surface area (Å²) >= 11 is 0. The van der Waals surface area contributed by atoms with Gasteiger partial charge in [-0.25, -0.2) is 8.78 Å². The first-order valence-corrected chi connectivity index (χ1v) is 7.61. The molecule has 0 amide bonds. The van der Waals surface area contributed by atoms with Crippen LogP contribution in [0.15, 0.2) is 18.2 Å². The van der Waals surface area contributed by atoms with E-state index >= 15 is 0 Å². The van der Waals surface area contributed by atoms with Crippen molar-refractivity contribution in [3.05, 3.63) is 35.4 Å². The van der Waals surface area contributed by atoms with Gasteiger partial charge in [-0.05, 0) is 61.1 Å². The van der Waals surface area contributed by atoms with Gasteiger partial charge >= 0.3 is 0 Å². The maximum absolute atomic E-state index is 13.3. The van der Waals surface area contributed by atoms with Gasteiger partial charge in [-0.3, -0.25) is 0 Å². The van der Waals surface area contributed by atoms with Crippen LogP contribution in [0.3, 0.4) is 0 Å². The minimum absolute atomic E-state index is 0.267. The van der Waals surface area contributed by atoms with E-state index in [4.69, 9.17) is 0 Å². The predicted molar refractivity (Wildman–Crippen MR) is 79.5 cm³/mol. The molecule has 21 heavy (non-hydrogen) atoms. The molecule has 0 spiro atoms. The van der Waals surface area contributed by atoms with Gasteiger partial charge in [0.15, 0.2) is 11.6 Å². The van der Waals surface area contributed by atoms with E-state index in [-0.39, 0.29) is 5.41 Å². The highest BCUT2D eigenvalue weighted by molar-refractivity contribution is 5.22. The molecule has 0 heterocycles. The lowest BCUT2D eigenvalue weighted by Gasteiger charge is -2.40. The second-order valence-electron chi connectivity index (χ2n) is 7.46. The number of benzene rings is 1. The van der Waals surface area contributed by atoms with Crippen molar-refractivity contribution in [1.29, 1.82) is 5.26 Å². The quantitative estimate of drug-likeness (QED) is 0.729. The Hall–Kier alpha value is -1.43. The number of hydrogen-bond donors (Lipinski definition) is 0. The second-order valence-corrected chi connectivity index (χ2v) is 7.46. The van der Waals surface area contributed by atoms with Crippen LogP contribution in [0.5, 0.6) is 0 Å². The molecule has 1 saturated carbocycles. The molecule has 0 saturated heterocycles. The monoisotopic (exact) mass is 291 g/mol. The normalized spacial score (nSPS) is 26.4. The van der Waals surface area contributed by atoms with E-state index in [2.05, 4.69) is 26.8 Å². The van der Waals surface area contributed by atoms with Crippen LogP contribution < -0.4 is 0 Å². The zero-order valence-electron chi connectivity index (χ0n) is 13.0. The molecule has 1 nitrogen and oxygen atoms in total. The zero-order valence-corrected chi connectivity index (χ0v) is 13.0. The van der Waals surface area contributed by atoms with Crippen LogP contribution in [0, 0.1) is 39.7 Å². The van der Waals surface area contributed by atoms with Crippen LogP contribution >= 0.6 is 0 Å². The van der Waals surface area contributed by atoms with Crippen molar-refractivity contribution in [3.63, 3.8) is 0 Å². The Balaban J connectivity index is 2.10. The van der Waals surface area contributed by atoms with Gasteiger partial charge in [0.25, 0.3) is 0 Å². The van der Waals surface area contributed by atoms with Gasteiger partial charge in [-0.2, -0.15) is 5.26 Å². The Morgan fingerprint density at radius 2 is 1.81 bits per heavy atom. The summed E-state index contributed by atoms with van der Waals surface area (Å²) in [6, 6.07) is 6.42. The van der Waals surface area contributed by atoms with Crippen LogP contribution in [-0.2, 0) is 6.42 Å². The number of nitriles is 1. The molecule has 0 unspecified atom stereocenters. The van der Waals surface area contributed by atoms with E-state index in [1.165, 1.54) is 6.07 Å². The molecule has 3 heteroatoms. The molecular weight excluding hydrogens is 268 g/mol. The fourth-order valence-electron chi connectivity index (χ4n) is 3.40. The summed E-state index contributed by atoms with van der Waals surface area (Å²) in [6.07, 6.45) is 4.24. The minimum Gasteiger partial charge on any atom is -0.204 e. The summed E-state index contributed by atoms with van der Waals surface area (Å²) in [4.78, 5) is 0. The summed E-state index contributed by atoms with van der Waals surface area (Å²) in [6.45, 7) is 6.73. The van der Waals surface area contributed by atoms with E-state index in [0.717, 1.165) is 31.7 Å². The van der Waals surface area contributed by atoms with Crippen molar-refractivity contribution in [2.75, 3.05) is 0 Å². The lowest BCUT2D eigenvalue weighted by atomic mass is 9.63. The third kappa shape index (κ3) is 3.61. The summed E-state index contributed by atoms with van der Waals surface area (Å²) in [5.74, 6) is -1.03. The number of hydrogen-bond acceptors (Lipinski definition) is 1. The van der Waals surface area contributed by atoms with E-state index < -0.39 is 17.0 Å². The maximum atomic E-state index is 13.3. The van der Waals surface area contributed by atoms with Crippen molar-refractivity contribution in [1.82, 2.24) is 0 Å². The Labute approximate surface area is 126 Å². The van der Waals surface area contributed by atoms with E-state index in [0.29, 0.717) is 17.9 Å². The number of rotatable bonds is 2. The van der Waals surface area contributed by atoms with E-state index in [1.54, 1.807) is 6.07 Å². The first-order chi connectivity index (χ1) is 9.76. The molecule has 0 N–H and O–H groups in total. The molecule has 0 bridgehead atoms. The Morgan fingerprint density at radius 3 is 2.29 bits per heavy atom. The van der Waals surface area contributed by atoms with Gasteiger partial charge in [0.1, 0.15) is 0 Å². The van der Waals surface area contributed by atoms with Crippen LogP contribution in [0.4, 0.5) is 8.78 Å². The Morgan fingerprint density at radius 1 is 1.19 bits per heavy atom. The first kappa shape index (κ1) is 15.9. The molecule has 1 aromatic carbocycles. The van der Waals surface area contributed by atoms with E-state index in [9.17, 15) is 14.0 Å².